The predicted octanol–water partition coefficient (Wildman–Crippen LogP) is -2.22. The Kier molecular flexibility index (Phi) is 2.93. The van der Waals surface area contributed by atoms with E-state index < -0.39 is 0 Å². The van der Waals surface area contributed by atoms with Gasteiger partial charge in [-0.3, -0.25) is 0 Å². The highest BCUT2D eigenvalue weighted by molar-refractivity contribution is 5.45. The Balaban J connectivity index is 0.000000640. The average Bonchev–Trinajstić information content (AvgIpc) is 2.17. The molecular formula is C4H9BrN4. The average molecular weight is 193 g/mol. The maximum Gasteiger partial charge on any atom is 0.239 e. The molecule has 1 rings (SSSR count). The van der Waals surface area contributed by atoms with E-state index in [0.29, 0.717) is 4.59 Å². The summed E-state index contributed by atoms with van der Waals surface area (Å²) in [7, 11) is 1.94. The summed E-state index contributed by atoms with van der Waals surface area (Å²) < 4.78 is 0.486. The number of hydrogen-bond acceptors (Lipinski definition) is 3. The fourth-order valence-electron chi connectivity index (χ4n) is 0.417. The maximum absolute atomic E-state index is 3.83. The Morgan fingerprint density at radius 1 is 1.56 bits per heavy atom. The van der Waals surface area contributed by atoms with Crippen LogP contribution in [0.15, 0.2) is 15.5 Å². The summed E-state index contributed by atoms with van der Waals surface area (Å²) in [6.45, 7) is 2.95. The summed E-state index contributed by atoms with van der Waals surface area (Å²) in [5.41, 5.74) is 0. The largest absolute Gasteiger partial charge is 1.00 e. The number of nitrogens with zero attached hydrogens (tertiary/aromatic N) is 4. The fraction of sp³-hybridized carbons (Fsp3) is 0.750. The quantitative estimate of drug-likeness (QED) is 0.423. The van der Waals surface area contributed by atoms with E-state index in [2.05, 4.69) is 15.5 Å². The van der Waals surface area contributed by atoms with Crippen LogP contribution in [0.5, 0.6) is 0 Å². The molecule has 0 aromatic heterocycles. The summed E-state index contributed by atoms with van der Waals surface area (Å²) in [5.74, 6) is 0. The lowest BCUT2D eigenvalue weighted by Gasteiger charge is -2.11. The van der Waals surface area contributed by atoms with Crippen molar-refractivity contribution in [2.75, 3.05) is 13.6 Å². The van der Waals surface area contributed by atoms with Crippen LogP contribution in [0.3, 0.4) is 0 Å². The molecule has 0 saturated heterocycles. The first-order valence-corrected chi connectivity index (χ1v) is 2.59. The summed E-state index contributed by atoms with van der Waals surface area (Å²) in [5, 5.41) is 10.9. The van der Waals surface area contributed by atoms with Crippen LogP contribution in [-0.4, -0.2) is 24.5 Å². The first kappa shape index (κ1) is 8.71. The third-order valence-electron chi connectivity index (χ3n) is 1.24. The van der Waals surface area contributed by atoms with E-state index in [-0.39, 0.29) is 17.0 Å². The van der Waals surface area contributed by atoms with Crippen molar-refractivity contribution in [1.29, 1.82) is 0 Å². The predicted molar refractivity (Wildman–Crippen MR) is 30.1 cm³/mol. The molecule has 1 aliphatic heterocycles. The van der Waals surface area contributed by atoms with Crippen LogP contribution in [0.2, 0.25) is 0 Å². The van der Waals surface area contributed by atoms with E-state index in [1.807, 2.05) is 14.0 Å². The van der Waals surface area contributed by atoms with E-state index in [9.17, 15) is 0 Å². The van der Waals surface area contributed by atoms with Crippen molar-refractivity contribution in [3.05, 3.63) is 0 Å². The van der Waals surface area contributed by atoms with Crippen molar-refractivity contribution in [1.82, 2.24) is 0 Å². The minimum atomic E-state index is 0. The van der Waals surface area contributed by atoms with Gasteiger partial charge in [0, 0.05) is 5.22 Å². The van der Waals surface area contributed by atoms with Gasteiger partial charge < -0.3 is 17.0 Å². The highest BCUT2D eigenvalue weighted by Gasteiger charge is 2.19. The molecule has 0 fully saturated rings. The third kappa shape index (κ3) is 1.83. The van der Waals surface area contributed by atoms with Crippen LogP contribution in [0.25, 0.3) is 0 Å². The van der Waals surface area contributed by atoms with Crippen molar-refractivity contribution >= 4 is 6.34 Å². The van der Waals surface area contributed by atoms with Crippen LogP contribution >= 0.6 is 0 Å². The van der Waals surface area contributed by atoms with Gasteiger partial charge in [-0.05, 0) is 6.92 Å². The molecule has 0 amide bonds. The monoisotopic (exact) mass is 192 g/mol. The second-order valence-corrected chi connectivity index (χ2v) is 1.94. The van der Waals surface area contributed by atoms with Crippen LogP contribution in [0.1, 0.15) is 6.92 Å². The number of rotatable bonds is 1. The zero-order chi connectivity index (χ0) is 6.04. The molecule has 0 bridgehead atoms. The molecule has 4 nitrogen and oxygen atoms in total. The highest BCUT2D eigenvalue weighted by Crippen LogP contribution is 2.05. The van der Waals surface area contributed by atoms with Crippen molar-refractivity contribution < 1.29 is 21.6 Å². The van der Waals surface area contributed by atoms with Gasteiger partial charge in [0.1, 0.15) is 13.6 Å². The van der Waals surface area contributed by atoms with Gasteiger partial charge in [-0.25, -0.2) is 0 Å². The summed E-state index contributed by atoms with van der Waals surface area (Å²) in [6, 6.07) is 0. The van der Waals surface area contributed by atoms with Crippen LogP contribution < -0.4 is 17.0 Å². The molecule has 0 saturated carbocycles. The van der Waals surface area contributed by atoms with Gasteiger partial charge >= 0.3 is 0 Å². The Morgan fingerprint density at radius 2 is 2.22 bits per heavy atom. The maximum atomic E-state index is 3.83. The summed E-state index contributed by atoms with van der Waals surface area (Å²) in [6.07, 6.45) is 1.71. The molecule has 0 radical (unpaired) electrons. The summed E-state index contributed by atoms with van der Waals surface area (Å²) >= 11 is 0. The lowest BCUT2D eigenvalue weighted by atomic mass is 10.6. The highest BCUT2D eigenvalue weighted by atomic mass is 79.9. The van der Waals surface area contributed by atoms with E-state index in [1.54, 1.807) is 6.34 Å². The van der Waals surface area contributed by atoms with Crippen molar-refractivity contribution in [3.8, 4) is 0 Å². The smallest absolute Gasteiger partial charge is 0.239 e. The standard InChI is InChI=1S/C4H9N4.BrH/c1-3-8(2)4-5-6-7-8;/h4H,3H2,1-2H3;1H/q+1;/p-1. The van der Waals surface area contributed by atoms with E-state index >= 15 is 0 Å². The fourth-order valence-corrected chi connectivity index (χ4v) is 0.417. The first-order valence-electron chi connectivity index (χ1n) is 2.59. The molecule has 0 spiro atoms. The van der Waals surface area contributed by atoms with Gasteiger partial charge in [0.05, 0.1) is 5.22 Å². The van der Waals surface area contributed by atoms with E-state index in [4.69, 9.17) is 0 Å². The number of halogens is 1. The topological polar surface area (TPSA) is 37.1 Å². The second kappa shape index (κ2) is 3.03. The molecule has 1 heterocycles. The van der Waals surface area contributed by atoms with Gasteiger partial charge in [-0.15, -0.1) is 4.59 Å². The van der Waals surface area contributed by atoms with Crippen LogP contribution in [0, 0.1) is 0 Å². The zero-order valence-electron chi connectivity index (χ0n) is 5.45. The lowest BCUT2D eigenvalue weighted by Crippen LogP contribution is -3.00. The molecule has 1 unspecified atom stereocenters. The Morgan fingerprint density at radius 3 is 2.44 bits per heavy atom. The Hall–Kier alpha value is -0.290. The van der Waals surface area contributed by atoms with Crippen molar-refractivity contribution in [2.45, 2.75) is 6.92 Å². The molecule has 0 aromatic carbocycles. The molecular weight excluding hydrogens is 184 g/mol. The zero-order valence-corrected chi connectivity index (χ0v) is 7.04. The van der Waals surface area contributed by atoms with E-state index in [1.165, 1.54) is 0 Å². The van der Waals surface area contributed by atoms with Gasteiger partial charge in [0.2, 0.25) is 6.34 Å². The minimum absolute atomic E-state index is 0. The minimum Gasteiger partial charge on any atom is -1.00 e. The van der Waals surface area contributed by atoms with Gasteiger partial charge in [-0.1, -0.05) is 5.10 Å². The Bertz CT molecular complexity index is 130. The molecule has 5 heteroatoms. The van der Waals surface area contributed by atoms with Crippen molar-refractivity contribution in [3.63, 3.8) is 0 Å². The lowest BCUT2D eigenvalue weighted by molar-refractivity contribution is -0.820. The van der Waals surface area contributed by atoms with Gasteiger partial charge in [0.25, 0.3) is 0 Å². The van der Waals surface area contributed by atoms with Gasteiger partial charge in [0.15, 0.2) is 0 Å². The molecule has 1 atom stereocenters. The molecule has 52 valence electrons. The van der Waals surface area contributed by atoms with Gasteiger partial charge in [-0.2, -0.15) is 0 Å². The second-order valence-electron chi connectivity index (χ2n) is 1.94. The molecule has 0 aliphatic carbocycles. The third-order valence-corrected chi connectivity index (χ3v) is 1.24. The molecule has 0 aromatic rings. The van der Waals surface area contributed by atoms with Crippen LogP contribution in [-0.2, 0) is 0 Å². The first-order chi connectivity index (χ1) is 3.77. The normalized spacial score (nSPS) is 30.4. The number of quaternary nitrogens is 1. The molecule has 0 N–H and O–H groups in total. The summed E-state index contributed by atoms with van der Waals surface area (Å²) in [4.78, 5) is 0. The number of hydrogen-bond donors (Lipinski definition) is 0. The van der Waals surface area contributed by atoms with Crippen LogP contribution in [0.4, 0.5) is 0 Å². The molecule has 9 heavy (non-hydrogen) atoms. The van der Waals surface area contributed by atoms with Crippen molar-refractivity contribution in [2.24, 2.45) is 15.5 Å². The van der Waals surface area contributed by atoms with E-state index in [0.717, 1.165) is 6.54 Å². The SMILES string of the molecule is CC[N+]1(C)C=NN=N1.[Br-]. The molecule has 1 aliphatic rings. The Labute approximate surface area is 64.6 Å².